The molecule has 21 heavy (non-hydrogen) atoms. The van der Waals surface area contributed by atoms with Gasteiger partial charge in [-0.05, 0) is 45.1 Å². The molecule has 0 aliphatic heterocycles. The van der Waals surface area contributed by atoms with Crippen LogP contribution in [0, 0.1) is 5.41 Å². The van der Waals surface area contributed by atoms with Crippen LogP contribution in [0.1, 0.15) is 45.4 Å². The Bertz CT molecular complexity index is 425. The molecule has 1 amide bonds. The quantitative estimate of drug-likeness (QED) is 0.808. The van der Waals surface area contributed by atoms with Crippen molar-refractivity contribution in [2.24, 2.45) is 5.41 Å². The van der Waals surface area contributed by atoms with Gasteiger partial charge in [-0.1, -0.05) is 19.4 Å². The van der Waals surface area contributed by atoms with Crippen molar-refractivity contribution in [1.29, 1.82) is 0 Å². The molecule has 0 bridgehead atoms. The minimum atomic E-state index is -0.509. The van der Waals surface area contributed by atoms with E-state index in [-0.39, 0.29) is 12.0 Å². The van der Waals surface area contributed by atoms with Crippen LogP contribution in [0.3, 0.4) is 0 Å². The van der Waals surface area contributed by atoms with Crippen LogP contribution >= 0.6 is 11.3 Å². The number of thiophene rings is 1. The molecular weight excluding hydrogens is 286 g/mol. The van der Waals surface area contributed by atoms with E-state index in [1.54, 1.807) is 11.3 Å². The fraction of sp³-hybridized carbons (Fsp3) is 0.688. The third kappa shape index (κ3) is 6.48. The molecule has 4 nitrogen and oxygen atoms in total. The molecule has 0 aromatic carbocycles. The summed E-state index contributed by atoms with van der Waals surface area (Å²) in [5.41, 5.74) is -0.832. The van der Waals surface area contributed by atoms with E-state index >= 15 is 0 Å². The number of amides is 1. The maximum Gasteiger partial charge on any atom is 0.407 e. The maximum absolute atomic E-state index is 11.8. The Labute approximate surface area is 131 Å². The fourth-order valence-corrected chi connectivity index (χ4v) is 3.20. The second-order valence-corrected chi connectivity index (χ2v) is 7.55. The first kappa shape index (κ1) is 18.0. The summed E-state index contributed by atoms with van der Waals surface area (Å²) in [6, 6.07) is 4.08. The molecule has 1 aromatic rings. The third-order valence-corrected chi connectivity index (χ3v) is 4.13. The lowest BCUT2D eigenvalue weighted by atomic mass is 9.80. The van der Waals surface area contributed by atoms with Gasteiger partial charge in [0.05, 0.1) is 6.61 Å². The van der Waals surface area contributed by atoms with E-state index in [0.717, 1.165) is 19.3 Å². The molecule has 120 valence electrons. The van der Waals surface area contributed by atoms with Crippen molar-refractivity contribution < 1.29 is 14.6 Å². The first-order valence-electron chi connectivity index (χ1n) is 7.40. The summed E-state index contributed by atoms with van der Waals surface area (Å²) in [5, 5.41) is 14.7. The summed E-state index contributed by atoms with van der Waals surface area (Å²) < 4.78 is 5.26. The summed E-state index contributed by atoms with van der Waals surface area (Å²) in [5.74, 6) is 0. The van der Waals surface area contributed by atoms with E-state index in [1.807, 2.05) is 32.2 Å². The molecule has 0 aliphatic carbocycles. The summed E-state index contributed by atoms with van der Waals surface area (Å²) >= 11 is 1.68. The Hall–Kier alpha value is -1.07. The van der Waals surface area contributed by atoms with Gasteiger partial charge in [0.2, 0.25) is 0 Å². The van der Waals surface area contributed by atoms with Crippen molar-refractivity contribution in [3.05, 3.63) is 22.4 Å². The van der Waals surface area contributed by atoms with Crippen molar-refractivity contribution in [3.8, 4) is 0 Å². The lowest BCUT2D eigenvalue weighted by molar-refractivity contribution is 0.0456. The molecule has 0 spiro atoms. The molecular formula is C16H27NO3S. The van der Waals surface area contributed by atoms with Crippen LogP contribution in [0.4, 0.5) is 4.79 Å². The van der Waals surface area contributed by atoms with E-state index in [2.05, 4.69) is 18.3 Å². The molecule has 0 aliphatic rings. The Kier molecular flexibility index (Phi) is 6.68. The Morgan fingerprint density at radius 1 is 1.43 bits per heavy atom. The molecule has 0 radical (unpaired) electrons. The molecule has 5 heteroatoms. The average Bonchev–Trinajstić information content (AvgIpc) is 2.87. The van der Waals surface area contributed by atoms with Crippen LogP contribution in [-0.4, -0.2) is 30.0 Å². The predicted octanol–water partition coefficient (Wildman–Crippen LogP) is 3.59. The lowest BCUT2D eigenvalue weighted by Crippen LogP contribution is -2.43. The van der Waals surface area contributed by atoms with Crippen molar-refractivity contribution in [2.75, 3.05) is 13.2 Å². The summed E-state index contributed by atoms with van der Waals surface area (Å²) in [6.45, 7) is 8.07. The summed E-state index contributed by atoms with van der Waals surface area (Å²) in [7, 11) is 0. The topological polar surface area (TPSA) is 58.6 Å². The smallest absolute Gasteiger partial charge is 0.407 e. The van der Waals surface area contributed by atoms with Crippen molar-refractivity contribution in [3.63, 3.8) is 0 Å². The van der Waals surface area contributed by atoms with Crippen molar-refractivity contribution in [2.45, 2.75) is 52.6 Å². The fourth-order valence-electron chi connectivity index (χ4n) is 2.32. The van der Waals surface area contributed by atoms with Crippen LogP contribution in [0.15, 0.2) is 17.5 Å². The number of hydrogen-bond acceptors (Lipinski definition) is 4. The van der Waals surface area contributed by atoms with E-state index in [1.165, 1.54) is 4.88 Å². The van der Waals surface area contributed by atoms with Gasteiger partial charge < -0.3 is 15.2 Å². The van der Waals surface area contributed by atoms with E-state index in [9.17, 15) is 9.90 Å². The summed E-state index contributed by atoms with van der Waals surface area (Å²) in [4.78, 5) is 13.0. The number of aliphatic hydroxyl groups excluding tert-OH is 1. The van der Waals surface area contributed by atoms with Gasteiger partial charge in [-0.2, -0.15) is 0 Å². The van der Waals surface area contributed by atoms with E-state index in [0.29, 0.717) is 6.54 Å². The number of aliphatic hydroxyl groups is 1. The molecule has 1 aromatic heterocycles. The summed E-state index contributed by atoms with van der Waals surface area (Å²) in [6.07, 6.45) is 2.16. The monoisotopic (exact) mass is 313 g/mol. The van der Waals surface area contributed by atoms with Crippen molar-refractivity contribution in [1.82, 2.24) is 5.32 Å². The highest BCUT2D eigenvalue weighted by Crippen LogP contribution is 2.29. The zero-order valence-electron chi connectivity index (χ0n) is 13.4. The maximum atomic E-state index is 11.8. The van der Waals surface area contributed by atoms with Gasteiger partial charge in [0.25, 0.3) is 0 Å². The van der Waals surface area contributed by atoms with Gasteiger partial charge in [0.1, 0.15) is 5.60 Å². The van der Waals surface area contributed by atoms with Crippen LogP contribution in [0.2, 0.25) is 0 Å². The van der Waals surface area contributed by atoms with Gasteiger partial charge in [-0.15, -0.1) is 11.3 Å². The molecule has 0 saturated heterocycles. The van der Waals surface area contributed by atoms with E-state index in [4.69, 9.17) is 4.74 Å². The Morgan fingerprint density at radius 2 is 2.14 bits per heavy atom. The average molecular weight is 313 g/mol. The van der Waals surface area contributed by atoms with Gasteiger partial charge in [-0.25, -0.2) is 4.79 Å². The van der Waals surface area contributed by atoms with Gasteiger partial charge >= 0.3 is 6.09 Å². The minimum absolute atomic E-state index is 0.0501. The number of rotatable bonds is 7. The first-order valence-corrected chi connectivity index (χ1v) is 8.28. The molecule has 1 unspecified atom stereocenters. The predicted molar refractivity (Wildman–Crippen MR) is 86.7 cm³/mol. The molecule has 0 fully saturated rings. The number of ether oxygens (including phenoxy) is 1. The highest BCUT2D eigenvalue weighted by atomic mass is 32.1. The highest BCUT2D eigenvalue weighted by Gasteiger charge is 2.30. The largest absolute Gasteiger partial charge is 0.444 e. The molecule has 0 saturated carbocycles. The number of hydrogen-bond donors (Lipinski definition) is 2. The second-order valence-electron chi connectivity index (χ2n) is 6.52. The van der Waals surface area contributed by atoms with Gasteiger partial charge in [-0.3, -0.25) is 0 Å². The lowest BCUT2D eigenvalue weighted by Gasteiger charge is -2.32. The Balaban J connectivity index is 2.67. The molecule has 1 atom stereocenters. The minimum Gasteiger partial charge on any atom is -0.444 e. The van der Waals surface area contributed by atoms with Crippen LogP contribution in [-0.2, 0) is 11.2 Å². The third-order valence-electron chi connectivity index (χ3n) is 3.25. The zero-order chi connectivity index (χ0) is 15.9. The van der Waals surface area contributed by atoms with Crippen molar-refractivity contribution >= 4 is 17.4 Å². The van der Waals surface area contributed by atoms with E-state index < -0.39 is 11.7 Å². The van der Waals surface area contributed by atoms with Gasteiger partial charge in [0, 0.05) is 16.8 Å². The first-order chi connectivity index (χ1) is 9.80. The van der Waals surface area contributed by atoms with Gasteiger partial charge in [0.15, 0.2) is 0 Å². The molecule has 2 N–H and O–H groups in total. The number of carbonyl (C=O) groups excluding carboxylic acids is 1. The standard InChI is InChI=1S/C16H27NO3S/c1-5-8-16(12-18,10-13-7-6-9-21-13)11-17-14(19)20-15(2,3)4/h6-7,9,18H,5,8,10-12H2,1-4H3,(H,17,19). The molecule has 1 rings (SSSR count). The molecule has 1 heterocycles. The number of alkyl carbamates (subject to hydrolysis) is 1. The zero-order valence-corrected chi connectivity index (χ0v) is 14.3. The second kappa shape index (κ2) is 7.80. The number of nitrogens with one attached hydrogen (secondary N) is 1. The van der Waals surface area contributed by atoms with Crippen LogP contribution in [0.5, 0.6) is 0 Å². The number of carbonyl (C=O) groups is 1. The van der Waals surface area contributed by atoms with Crippen LogP contribution < -0.4 is 5.32 Å². The SMILES string of the molecule is CCCC(CO)(CNC(=O)OC(C)(C)C)Cc1cccs1. The highest BCUT2D eigenvalue weighted by molar-refractivity contribution is 7.09. The Morgan fingerprint density at radius 3 is 2.62 bits per heavy atom. The normalized spacial score (nSPS) is 14.5. The van der Waals surface area contributed by atoms with Crippen LogP contribution in [0.25, 0.3) is 0 Å².